The number of nitrogens with one attached hydrogen (secondary N) is 1. The van der Waals surface area contributed by atoms with Crippen molar-refractivity contribution in [3.63, 3.8) is 0 Å². The van der Waals surface area contributed by atoms with Crippen molar-refractivity contribution in [3.8, 4) is 0 Å². The molecule has 3 aromatic heterocycles. The minimum atomic E-state index is -0.597. The standard InChI is InChI=1S/C17H13N7O3/c1-23-13-7-3-2-6-12(13)15-16(23)19-17(22-20-15)21-18-10-4-5-11-8-9-14(27-11)24(25)26/h2-10H,1H3,(H,19,21,22)/b5-4+,18-10+. The molecule has 10 heteroatoms. The third kappa shape index (κ3) is 3.11. The third-order valence-electron chi connectivity index (χ3n) is 3.88. The molecule has 0 amide bonds. The van der Waals surface area contributed by atoms with E-state index in [2.05, 4.69) is 25.7 Å². The smallest absolute Gasteiger partial charge is 0.401 e. The van der Waals surface area contributed by atoms with Crippen LogP contribution in [0.15, 0.2) is 52.0 Å². The van der Waals surface area contributed by atoms with E-state index in [0.29, 0.717) is 11.4 Å². The average molecular weight is 363 g/mol. The van der Waals surface area contributed by atoms with E-state index in [1.807, 2.05) is 35.9 Å². The Morgan fingerprint density at radius 1 is 1.26 bits per heavy atom. The predicted octanol–water partition coefficient (Wildman–Crippen LogP) is 3.13. The Morgan fingerprint density at radius 3 is 2.93 bits per heavy atom. The molecule has 0 atom stereocenters. The van der Waals surface area contributed by atoms with E-state index in [9.17, 15) is 10.1 Å². The summed E-state index contributed by atoms with van der Waals surface area (Å²) >= 11 is 0. The first-order valence-electron chi connectivity index (χ1n) is 7.91. The lowest BCUT2D eigenvalue weighted by atomic mass is 10.2. The summed E-state index contributed by atoms with van der Waals surface area (Å²) in [6.45, 7) is 0. The van der Waals surface area contributed by atoms with Gasteiger partial charge in [0.2, 0.25) is 0 Å². The summed E-state index contributed by atoms with van der Waals surface area (Å²) < 4.78 is 6.94. The number of aromatic nitrogens is 4. The van der Waals surface area contributed by atoms with Gasteiger partial charge in [0.25, 0.3) is 5.95 Å². The largest absolute Gasteiger partial charge is 0.433 e. The van der Waals surface area contributed by atoms with Gasteiger partial charge in [-0.25, -0.2) is 5.43 Å². The maximum absolute atomic E-state index is 10.6. The molecule has 0 saturated heterocycles. The Kier molecular flexibility index (Phi) is 4.05. The highest BCUT2D eigenvalue weighted by Gasteiger charge is 2.11. The van der Waals surface area contributed by atoms with Crippen molar-refractivity contribution in [2.45, 2.75) is 0 Å². The zero-order valence-electron chi connectivity index (χ0n) is 14.1. The number of rotatable bonds is 5. The molecule has 0 aliphatic heterocycles. The minimum absolute atomic E-state index is 0.256. The fourth-order valence-corrected chi connectivity index (χ4v) is 2.66. The van der Waals surface area contributed by atoms with Gasteiger partial charge in [0, 0.05) is 18.6 Å². The molecule has 0 fully saturated rings. The first-order chi connectivity index (χ1) is 13.1. The van der Waals surface area contributed by atoms with Gasteiger partial charge in [0.1, 0.15) is 16.2 Å². The highest BCUT2D eigenvalue weighted by atomic mass is 16.6. The zero-order chi connectivity index (χ0) is 18.8. The van der Waals surface area contributed by atoms with Gasteiger partial charge >= 0.3 is 5.88 Å². The highest BCUT2D eigenvalue weighted by Crippen LogP contribution is 2.24. The van der Waals surface area contributed by atoms with E-state index in [1.165, 1.54) is 18.3 Å². The topological polar surface area (TPSA) is 124 Å². The molecule has 0 saturated carbocycles. The van der Waals surface area contributed by atoms with Gasteiger partial charge in [-0.15, -0.1) is 10.2 Å². The lowest BCUT2D eigenvalue weighted by Crippen LogP contribution is -2.00. The van der Waals surface area contributed by atoms with E-state index >= 15 is 0 Å². The van der Waals surface area contributed by atoms with Crippen LogP contribution >= 0.6 is 0 Å². The number of furan rings is 1. The van der Waals surface area contributed by atoms with E-state index in [-0.39, 0.29) is 11.8 Å². The summed E-state index contributed by atoms with van der Waals surface area (Å²) in [5, 5.41) is 23.8. The van der Waals surface area contributed by atoms with Gasteiger partial charge in [0.05, 0.1) is 11.6 Å². The molecule has 0 spiro atoms. The summed E-state index contributed by atoms with van der Waals surface area (Å²) in [5.41, 5.74) is 5.14. The van der Waals surface area contributed by atoms with Crippen LogP contribution in [0.2, 0.25) is 0 Å². The second-order valence-corrected chi connectivity index (χ2v) is 5.57. The molecule has 3 heterocycles. The maximum atomic E-state index is 10.6. The Bertz CT molecular complexity index is 1210. The van der Waals surface area contributed by atoms with Crippen LogP contribution in [-0.2, 0) is 7.05 Å². The second kappa shape index (κ2) is 6.67. The molecular formula is C17H13N7O3. The molecule has 0 aliphatic rings. The predicted molar refractivity (Wildman–Crippen MR) is 100 cm³/mol. The van der Waals surface area contributed by atoms with Crippen molar-refractivity contribution < 1.29 is 9.34 Å². The molecule has 1 N–H and O–H groups in total. The molecule has 0 bridgehead atoms. The quantitative estimate of drug-likeness (QED) is 0.328. The molecule has 1 aromatic carbocycles. The summed E-state index contributed by atoms with van der Waals surface area (Å²) in [4.78, 5) is 14.4. The minimum Gasteiger partial charge on any atom is -0.401 e. The number of nitrogens with zero attached hydrogens (tertiary/aromatic N) is 6. The average Bonchev–Trinajstić information content (AvgIpc) is 3.26. The van der Waals surface area contributed by atoms with E-state index in [0.717, 1.165) is 16.4 Å². The fourth-order valence-electron chi connectivity index (χ4n) is 2.66. The summed E-state index contributed by atoms with van der Waals surface area (Å²) in [6, 6.07) is 10.7. The molecule has 134 valence electrons. The van der Waals surface area contributed by atoms with Crippen LogP contribution in [-0.4, -0.2) is 30.9 Å². The van der Waals surface area contributed by atoms with Crippen molar-refractivity contribution in [1.82, 2.24) is 19.7 Å². The Morgan fingerprint density at radius 2 is 2.11 bits per heavy atom. The number of nitro groups is 1. The van der Waals surface area contributed by atoms with Crippen molar-refractivity contribution in [2.75, 3.05) is 5.43 Å². The highest BCUT2D eigenvalue weighted by molar-refractivity contribution is 6.04. The molecule has 4 rings (SSSR count). The van der Waals surface area contributed by atoms with Gasteiger partial charge in [-0.2, -0.15) is 10.1 Å². The number of hydrogen-bond acceptors (Lipinski definition) is 8. The lowest BCUT2D eigenvalue weighted by molar-refractivity contribution is -0.402. The number of para-hydroxylation sites is 1. The molecule has 0 radical (unpaired) electrons. The van der Waals surface area contributed by atoms with Crippen molar-refractivity contribution in [3.05, 3.63) is 58.3 Å². The van der Waals surface area contributed by atoms with Crippen LogP contribution < -0.4 is 5.43 Å². The zero-order valence-corrected chi connectivity index (χ0v) is 14.1. The van der Waals surface area contributed by atoms with Gasteiger partial charge in [-0.3, -0.25) is 10.1 Å². The third-order valence-corrected chi connectivity index (χ3v) is 3.88. The Labute approximate surface area is 152 Å². The van der Waals surface area contributed by atoms with Gasteiger partial charge in [-0.1, -0.05) is 18.2 Å². The molecular weight excluding hydrogens is 350 g/mol. The molecule has 27 heavy (non-hydrogen) atoms. The molecule has 10 nitrogen and oxygen atoms in total. The second-order valence-electron chi connectivity index (χ2n) is 5.57. The van der Waals surface area contributed by atoms with Gasteiger partial charge in [0.15, 0.2) is 5.65 Å². The van der Waals surface area contributed by atoms with E-state index in [1.54, 1.807) is 12.2 Å². The number of benzene rings is 1. The summed E-state index contributed by atoms with van der Waals surface area (Å²) in [6.07, 6.45) is 4.56. The van der Waals surface area contributed by atoms with E-state index in [4.69, 9.17) is 4.42 Å². The van der Waals surface area contributed by atoms with Gasteiger partial charge in [-0.05, 0) is 24.3 Å². The first kappa shape index (κ1) is 16.4. The normalized spacial score (nSPS) is 11.9. The number of allylic oxidation sites excluding steroid dienone is 1. The maximum Gasteiger partial charge on any atom is 0.433 e. The molecule has 0 aliphatic carbocycles. The van der Waals surface area contributed by atoms with Crippen molar-refractivity contribution in [2.24, 2.45) is 12.1 Å². The van der Waals surface area contributed by atoms with Crippen LogP contribution in [0.1, 0.15) is 5.76 Å². The number of fused-ring (bicyclic) bond motifs is 3. The monoisotopic (exact) mass is 363 g/mol. The van der Waals surface area contributed by atoms with Crippen LogP contribution in [0.3, 0.4) is 0 Å². The number of aryl methyl sites for hydroxylation is 1. The summed E-state index contributed by atoms with van der Waals surface area (Å²) in [5.74, 6) is 0.294. The number of anilines is 1. The SMILES string of the molecule is Cn1c2ccccc2c2nnc(N/N=C/C=C/c3ccc([N+](=O)[O-])o3)nc21. The summed E-state index contributed by atoms with van der Waals surface area (Å²) in [7, 11) is 1.91. The Hall–Kier alpha value is -4.08. The van der Waals surface area contributed by atoms with Crippen LogP contribution in [0.25, 0.3) is 28.1 Å². The number of hydrazone groups is 1. The van der Waals surface area contributed by atoms with Crippen molar-refractivity contribution >= 4 is 46.2 Å². The lowest BCUT2D eigenvalue weighted by Gasteiger charge is -1.98. The van der Waals surface area contributed by atoms with Crippen molar-refractivity contribution in [1.29, 1.82) is 0 Å². The van der Waals surface area contributed by atoms with Crippen LogP contribution in [0.4, 0.5) is 11.8 Å². The number of hydrogen-bond donors (Lipinski definition) is 1. The Balaban J connectivity index is 1.49. The molecule has 0 unspecified atom stereocenters. The van der Waals surface area contributed by atoms with E-state index < -0.39 is 4.92 Å². The first-order valence-corrected chi connectivity index (χ1v) is 7.91. The molecule has 4 aromatic rings. The van der Waals surface area contributed by atoms with Crippen LogP contribution in [0.5, 0.6) is 0 Å². The fraction of sp³-hybridized carbons (Fsp3) is 0.0588. The van der Waals surface area contributed by atoms with Crippen LogP contribution in [0, 0.1) is 10.1 Å². The van der Waals surface area contributed by atoms with Gasteiger partial charge < -0.3 is 8.98 Å².